The van der Waals surface area contributed by atoms with Gasteiger partial charge in [0.25, 0.3) is 0 Å². The summed E-state index contributed by atoms with van der Waals surface area (Å²) in [6, 6.07) is 14.4. The van der Waals surface area contributed by atoms with Crippen LogP contribution in [0.25, 0.3) is 0 Å². The number of ether oxygens (including phenoxy) is 1. The molecule has 0 atom stereocenters. The lowest BCUT2D eigenvalue weighted by Gasteiger charge is -2.03. The number of halogens is 1. The number of carbonyl (C=O) groups is 1. The topological polar surface area (TPSA) is 64.1 Å². The Kier molecular flexibility index (Phi) is 5.11. The molecule has 0 unspecified atom stereocenters. The molecule has 1 heterocycles. The van der Waals surface area contributed by atoms with Crippen molar-refractivity contribution >= 4 is 11.5 Å². The van der Waals surface area contributed by atoms with Crippen molar-refractivity contribution in [2.75, 3.05) is 5.32 Å². The Bertz CT molecular complexity index is 863. The molecule has 2 aromatic carbocycles. The van der Waals surface area contributed by atoms with Gasteiger partial charge in [-0.3, -0.25) is 4.79 Å². The monoisotopic (exact) mass is 335 g/mol. The normalized spacial score (nSPS) is 10.6. The Hall–Kier alpha value is -3.54. The first kappa shape index (κ1) is 16.3. The number of ketones is 1. The van der Waals surface area contributed by atoms with Gasteiger partial charge in [-0.1, -0.05) is 0 Å². The van der Waals surface area contributed by atoms with Gasteiger partial charge < -0.3 is 10.1 Å². The lowest BCUT2D eigenvalue weighted by Crippen LogP contribution is -1.97. The molecule has 0 saturated carbocycles. The molecule has 1 N–H and O–H groups in total. The summed E-state index contributed by atoms with van der Waals surface area (Å²) in [5.41, 5.74) is 1.20. The van der Waals surface area contributed by atoms with Gasteiger partial charge in [0.15, 0.2) is 5.78 Å². The van der Waals surface area contributed by atoms with Crippen molar-refractivity contribution in [3.05, 3.63) is 90.6 Å². The molecule has 124 valence electrons. The number of hydrogen-bond donors (Lipinski definition) is 1. The smallest absolute Gasteiger partial charge is 0.321 e. The Balaban J connectivity index is 1.58. The Labute approximate surface area is 143 Å². The molecule has 6 heteroatoms. The maximum Gasteiger partial charge on any atom is 0.321 e. The molecule has 0 saturated heterocycles. The van der Waals surface area contributed by atoms with Gasteiger partial charge in [-0.2, -0.15) is 0 Å². The van der Waals surface area contributed by atoms with Crippen LogP contribution in [-0.2, 0) is 0 Å². The van der Waals surface area contributed by atoms with Crippen molar-refractivity contribution in [1.29, 1.82) is 0 Å². The molecule has 0 radical (unpaired) electrons. The number of aromatic nitrogens is 2. The van der Waals surface area contributed by atoms with E-state index in [0.717, 1.165) is 0 Å². The molecular weight excluding hydrogens is 321 g/mol. The summed E-state index contributed by atoms with van der Waals surface area (Å²) in [5, 5.41) is 2.91. The van der Waals surface area contributed by atoms with Crippen LogP contribution in [0.2, 0.25) is 0 Å². The van der Waals surface area contributed by atoms with Gasteiger partial charge >= 0.3 is 6.01 Å². The third-order valence-corrected chi connectivity index (χ3v) is 3.22. The predicted octanol–water partition coefficient (Wildman–Crippen LogP) is 4.22. The second-order valence-corrected chi connectivity index (χ2v) is 5.01. The minimum absolute atomic E-state index is 0.169. The van der Waals surface area contributed by atoms with E-state index < -0.39 is 0 Å². The molecule has 5 nitrogen and oxygen atoms in total. The summed E-state index contributed by atoms with van der Waals surface area (Å²) in [7, 11) is 0. The molecule has 0 aliphatic heterocycles. The Morgan fingerprint density at radius 1 is 1.00 bits per heavy atom. The lowest BCUT2D eigenvalue weighted by molar-refractivity contribution is 0.104. The van der Waals surface area contributed by atoms with Crippen LogP contribution in [0.3, 0.4) is 0 Å². The lowest BCUT2D eigenvalue weighted by atomic mass is 10.1. The summed E-state index contributed by atoms with van der Waals surface area (Å²) in [6.07, 6.45) is 6.08. The minimum Gasteiger partial charge on any atom is -0.424 e. The molecular formula is C19H14FN3O2. The number of hydrogen-bond acceptors (Lipinski definition) is 5. The second kappa shape index (κ2) is 7.83. The SMILES string of the molecule is O=C(/C=C/Nc1ccc(F)cc1)c1ccc(Oc2ncccn2)cc1. The average molecular weight is 335 g/mol. The van der Waals surface area contributed by atoms with Crippen molar-refractivity contribution in [1.82, 2.24) is 9.97 Å². The van der Waals surface area contributed by atoms with Crippen LogP contribution in [0.4, 0.5) is 10.1 Å². The fourth-order valence-corrected chi connectivity index (χ4v) is 1.99. The van der Waals surface area contributed by atoms with Gasteiger partial charge in [-0.05, 0) is 54.6 Å². The van der Waals surface area contributed by atoms with Gasteiger partial charge in [0.2, 0.25) is 0 Å². The quantitative estimate of drug-likeness (QED) is 0.540. The fraction of sp³-hybridized carbons (Fsp3) is 0. The van der Waals surface area contributed by atoms with E-state index in [9.17, 15) is 9.18 Å². The van der Waals surface area contributed by atoms with E-state index in [0.29, 0.717) is 17.0 Å². The number of allylic oxidation sites excluding steroid dienone is 1. The third-order valence-electron chi connectivity index (χ3n) is 3.22. The van der Waals surface area contributed by atoms with E-state index in [-0.39, 0.29) is 17.6 Å². The van der Waals surface area contributed by atoms with Gasteiger partial charge in [0, 0.05) is 35.9 Å². The van der Waals surface area contributed by atoms with Gasteiger partial charge in [0.1, 0.15) is 11.6 Å². The summed E-state index contributed by atoms with van der Waals surface area (Å²) in [5.74, 6) is 0.0575. The summed E-state index contributed by atoms with van der Waals surface area (Å²) in [4.78, 5) is 20.0. The molecule has 25 heavy (non-hydrogen) atoms. The highest BCUT2D eigenvalue weighted by atomic mass is 19.1. The van der Waals surface area contributed by atoms with Gasteiger partial charge in [0.05, 0.1) is 0 Å². The molecule has 3 rings (SSSR count). The molecule has 3 aromatic rings. The zero-order valence-corrected chi connectivity index (χ0v) is 13.1. The first-order valence-corrected chi connectivity index (χ1v) is 7.49. The first-order valence-electron chi connectivity index (χ1n) is 7.49. The van der Waals surface area contributed by atoms with Crippen molar-refractivity contribution in [2.45, 2.75) is 0 Å². The maximum absolute atomic E-state index is 12.8. The van der Waals surface area contributed by atoms with E-state index in [1.54, 1.807) is 54.9 Å². The highest BCUT2D eigenvalue weighted by molar-refractivity contribution is 6.04. The second-order valence-electron chi connectivity index (χ2n) is 5.01. The number of nitrogens with one attached hydrogen (secondary N) is 1. The summed E-state index contributed by atoms with van der Waals surface area (Å²) < 4.78 is 18.3. The number of benzene rings is 2. The molecule has 0 amide bonds. The van der Waals surface area contributed by atoms with Crippen LogP contribution in [-0.4, -0.2) is 15.8 Å². The maximum atomic E-state index is 12.8. The van der Waals surface area contributed by atoms with Crippen LogP contribution in [0.5, 0.6) is 11.8 Å². The Morgan fingerprint density at radius 3 is 2.36 bits per heavy atom. The van der Waals surface area contributed by atoms with E-state index in [1.807, 2.05) is 0 Å². The summed E-state index contributed by atoms with van der Waals surface area (Å²) in [6.45, 7) is 0. The highest BCUT2D eigenvalue weighted by Crippen LogP contribution is 2.18. The minimum atomic E-state index is -0.311. The van der Waals surface area contributed by atoms with Crippen LogP contribution < -0.4 is 10.1 Å². The predicted molar refractivity (Wildman–Crippen MR) is 92.0 cm³/mol. The molecule has 0 bridgehead atoms. The zero-order chi connectivity index (χ0) is 17.5. The van der Waals surface area contributed by atoms with E-state index in [2.05, 4.69) is 15.3 Å². The average Bonchev–Trinajstić information content (AvgIpc) is 2.65. The van der Waals surface area contributed by atoms with Crippen LogP contribution in [0.15, 0.2) is 79.3 Å². The Morgan fingerprint density at radius 2 is 1.68 bits per heavy atom. The number of anilines is 1. The number of nitrogens with zero attached hydrogens (tertiary/aromatic N) is 2. The third kappa shape index (κ3) is 4.71. The van der Waals surface area contributed by atoms with Crippen LogP contribution in [0.1, 0.15) is 10.4 Å². The van der Waals surface area contributed by atoms with E-state index in [4.69, 9.17) is 4.74 Å². The number of carbonyl (C=O) groups excluding carboxylic acids is 1. The molecule has 0 spiro atoms. The van der Waals surface area contributed by atoms with Crippen molar-refractivity contribution in [2.24, 2.45) is 0 Å². The van der Waals surface area contributed by atoms with Crippen molar-refractivity contribution < 1.29 is 13.9 Å². The van der Waals surface area contributed by atoms with Gasteiger partial charge in [-0.15, -0.1) is 0 Å². The molecule has 0 aliphatic rings. The summed E-state index contributed by atoms with van der Waals surface area (Å²) >= 11 is 0. The standard InChI is InChI=1S/C19H14FN3O2/c20-15-4-6-16(7-5-15)21-13-10-18(24)14-2-8-17(9-3-14)25-19-22-11-1-12-23-19/h1-13,21H/b13-10+. The molecule has 0 fully saturated rings. The van der Waals surface area contributed by atoms with E-state index >= 15 is 0 Å². The van der Waals surface area contributed by atoms with Crippen LogP contribution in [0, 0.1) is 5.82 Å². The zero-order valence-electron chi connectivity index (χ0n) is 13.1. The highest BCUT2D eigenvalue weighted by Gasteiger charge is 2.04. The number of rotatable bonds is 6. The molecule has 1 aromatic heterocycles. The largest absolute Gasteiger partial charge is 0.424 e. The molecule has 0 aliphatic carbocycles. The van der Waals surface area contributed by atoms with Crippen molar-refractivity contribution in [3.63, 3.8) is 0 Å². The van der Waals surface area contributed by atoms with Gasteiger partial charge in [-0.25, -0.2) is 14.4 Å². The van der Waals surface area contributed by atoms with Crippen LogP contribution >= 0.6 is 0 Å². The van der Waals surface area contributed by atoms with Crippen molar-refractivity contribution in [3.8, 4) is 11.8 Å². The van der Waals surface area contributed by atoms with E-state index in [1.165, 1.54) is 24.4 Å². The fourth-order valence-electron chi connectivity index (χ4n) is 1.99. The first-order chi connectivity index (χ1) is 12.2.